The van der Waals surface area contributed by atoms with Crippen LogP contribution in [0.5, 0.6) is 0 Å². The number of nitrogens with one attached hydrogen (secondary N) is 3. The van der Waals surface area contributed by atoms with Gasteiger partial charge in [0.2, 0.25) is 5.95 Å². The highest BCUT2D eigenvalue weighted by Crippen LogP contribution is 2.25. The molecule has 0 bridgehead atoms. The number of carbonyl (C=O) groups is 1. The van der Waals surface area contributed by atoms with Crippen LogP contribution in [0.1, 0.15) is 32.6 Å². The van der Waals surface area contributed by atoms with Crippen molar-refractivity contribution in [2.75, 3.05) is 23.8 Å². The summed E-state index contributed by atoms with van der Waals surface area (Å²) in [6.07, 6.45) is 7.03. The predicted molar refractivity (Wildman–Crippen MR) is 124 cm³/mol. The number of benzene rings is 1. The van der Waals surface area contributed by atoms with Crippen LogP contribution >= 0.6 is 11.6 Å². The normalized spacial score (nSPS) is 18.3. The quantitative estimate of drug-likeness (QED) is 0.437. The van der Waals surface area contributed by atoms with Crippen molar-refractivity contribution in [3.05, 3.63) is 41.8 Å². The van der Waals surface area contributed by atoms with E-state index < -0.39 is 0 Å². The van der Waals surface area contributed by atoms with Crippen LogP contribution in [-0.2, 0) is 9.53 Å². The number of rotatable bonds is 8. The lowest BCUT2D eigenvalue weighted by Crippen LogP contribution is -2.39. The maximum Gasteiger partial charge on any atom is 0.319 e. The van der Waals surface area contributed by atoms with Crippen molar-refractivity contribution in [2.24, 2.45) is 0 Å². The van der Waals surface area contributed by atoms with Gasteiger partial charge in [0.1, 0.15) is 17.4 Å². The summed E-state index contributed by atoms with van der Waals surface area (Å²) in [5, 5.41) is 10.6. The third-order valence-electron chi connectivity index (χ3n) is 5.37. The predicted octanol–water partition coefficient (Wildman–Crippen LogP) is 3.69. The second-order valence-electron chi connectivity index (χ2n) is 7.66. The Hall–Kier alpha value is -3.04. The van der Waals surface area contributed by atoms with Crippen LogP contribution in [0.4, 0.5) is 17.5 Å². The van der Waals surface area contributed by atoms with Crippen LogP contribution in [0.2, 0.25) is 5.02 Å². The summed E-state index contributed by atoms with van der Waals surface area (Å²) in [5.41, 5.74) is 2.11. The molecular formula is C22H26ClN7O2. The number of hydrogen-bond acceptors (Lipinski definition) is 9. The zero-order valence-electron chi connectivity index (χ0n) is 17.8. The van der Waals surface area contributed by atoms with Crippen LogP contribution < -0.4 is 16.0 Å². The molecule has 168 valence electrons. The molecule has 10 heteroatoms. The first-order chi connectivity index (χ1) is 15.6. The zero-order chi connectivity index (χ0) is 22.3. The van der Waals surface area contributed by atoms with Gasteiger partial charge in [-0.2, -0.15) is 0 Å². The Balaban J connectivity index is 1.38. The molecule has 2 aromatic heterocycles. The summed E-state index contributed by atoms with van der Waals surface area (Å²) in [7, 11) is 0. The Morgan fingerprint density at radius 1 is 1.16 bits per heavy atom. The maximum absolute atomic E-state index is 11.5. The Kier molecular flexibility index (Phi) is 7.28. The van der Waals surface area contributed by atoms with Crippen molar-refractivity contribution in [1.29, 1.82) is 0 Å². The van der Waals surface area contributed by atoms with E-state index >= 15 is 0 Å². The van der Waals surface area contributed by atoms with Crippen molar-refractivity contribution in [3.63, 3.8) is 0 Å². The largest absolute Gasteiger partial charge is 0.465 e. The molecule has 0 saturated heterocycles. The molecule has 0 unspecified atom stereocenters. The zero-order valence-corrected chi connectivity index (χ0v) is 18.6. The van der Waals surface area contributed by atoms with E-state index in [-0.39, 0.29) is 18.6 Å². The van der Waals surface area contributed by atoms with Crippen LogP contribution in [0.3, 0.4) is 0 Å². The average molecular weight is 456 g/mol. The molecule has 3 aromatic rings. The lowest BCUT2D eigenvalue weighted by atomic mass is 9.91. The Morgan fingerprint density at radius 2 is 1.97 bits per heavy atom. The summed E-state index contributed by atoms with van der Waals surface area (Å²) < 4.78 is 4.97. The summed E-state index contributed by atoms with van der Waals surface area (Å²) in [4.78, 5) is 29.2. The van der Waals surface area contributed by atoms with E-state index in [1.807, 2.05) is 31.2 Å². The van der Waals surface area contributed by atoms with Gasteiger partial charge in [0.15, 0.2) is 5.82 Å². The molecular weight excluding hydrogens is 430 g/mol. The van der Waals surface area contributed by atoms with Crippen molar-refractivity contribution in [1.82, 2.24) is 25.3 Å². The van der Waals surface area contributed by atoms with E-state index in [4.69, 9.17) is 16.3 Å². The fourth-order valence-corrected chi connectivity index (χ4v) is 3.97. The van der Waals surface area contributed by atoms with Gasteiger partial charge in [0, 0.05) is 22.8 Å². The van der Waals surface area contributed by atoms with Gasteiger partial charge in [-0.05, 0) is 50.8 Å². The Labute approximate surface area is 191 Å². The van der Waals surface area contributed by atoms with E-state index in [0.717, 1.165) is 31.4 Å². The van der Waals surface area contributed by atoms with Crippen molar-refractivity contribution >= 4 is 46.1 Å². The summed E-state index contributed by atoms with van der Waals surface area (Å²) in [5.74, 6) is 0.931. The minimum absolute atomic E-state index is 0.207. The fraction of sp³-hybridized carbons (Fsp3) is 0.409. The highest BCUT2D eigenvalue weighted by atomic mass is 35.5. The van der Waals surface area contributed by atoms with Gasteiger partial charge in [0.05, 0.1) is 19.3 Å². The third-order valence-corrected chi connectivity index (χ3v) is 5.60. The van der Waals surface area contributed by atoms with Crippen molar-refractivity contribution in [2.45, 2.75) is 44.7 Å². The monoisotopic (exact) mass is 455 g/mol. The molecule has 1 saturated carbocycles. The average Bonchev–Trinajstić information content (AvgIpc) is 2.79. The topological polar surface area (TPSA) is 114 Å². The van der Waals surface area contributed by atoms with E-state index in [0.29, 0.717) is 40.5 Å². The molecule has 0 aliphatic heterocycles. The number of fused-ring (bicyclic) bond motifs is 1. The summed E-state index contributed by atoms with van der Waals surface area (Å²) in [6, 6.07) is 8.00. The molecule has 0 atom stereocenters. The first kappa shape index (κ1) is 22.2. The van der Waals surface area contributed by atoms with Gasteiger partial charge in [-0.25, -0.2) is 19.9 Å². The minimum atomic E-state index is -0.207. The summed E-state index contributed by atoms with van der Waals surface area (Å²) in [6.45, 7) is 2.48. The summed E-state index contributed by atoms with van der Waals surface area (Å²) >= 11 is 6.09. The molecule has 2 heterocycles. The third kappa shape index (κ3) is 5.80. The minimum Gasteiger partial charge on any atom is -0.465 e. The van der Waals surface area contributed by atoms with E-state index in [2.05, 4.69) is 35.9 Å². The van der Waals surface area contributed by atoms with Gasteiger partial charge < -0.3 is 20.7 Å². The lowest BCUT2D eigenvalue weighted by molar-refractivity contribution is -0.142. The van der Waals surface area contributed by atoms with Gasteiger partial charge in [-0.15, -0.1) is 0 Å². The number of carbonyl (C=O) groups excluding carboxylic acids is 1. The number of hydrogen-bond donors (Lipinski definition) is 3. The van der Waals surface area contributed by atoms with Crippen molar-refractivity contribution in [3.8, 4) is 0 Å². The first-order valence-electron chi connectivity index (χ1n) is 10.8. The first-order valence-corrected chi connectivity index (χ1v) is 11.1. The lowest BCUT2D eigenvalue weighted by Gasteiger charge is -2.29. The maximum atomic E-state index is 11.5. The van der Waals surface area contributed by atoms with Gasteiger partial charge in [-0.1, -0.05) is 17.7 Å². The van der Waals surface area contributed by atoms with Gasteiger partial charge >= 0.3 is 5.97 Å². The molecule has 3 N–H and O–H groups in total. The molecule has 4 rings (SSSR count). The highest BCUT2D eigenvalue weighted by Gasteiger charge is 2.22. The van der Waals surface area contributed by atoms with Crippen LogP contribution in [0.15, 0.2) is 36.8 Å². The van der Waals surface area contributed by atoms with E-state index in [1.165, 1.54) is 6.33 Å². The number of aromatic nitrogens is 4. The standard InChI is InChI=1S/C22H26ClN7O2/c1-2-32-19(31)12-24-15-6-8-16(9-7-15)29-22-25-11-18-20(30-22)21(27-13-26-18)28-17-5-3-4-14(23)10-17/h3-5,10-11,13,15-16,24H,2,6-9,12H2,1H3,(H,25,29,30)(H,26,27,28). The number of nitrogens with zero attached hydrogens (tertiary/aromatic N) is 4. The second-order valence-corrected chi connectivity index (χ2v) is 8.10. The number of halogens is 1. The molecule has 0 radical (unpaired) electrons. The molecule has 0 spiro atoms. The number of ether oxygens (including phenoxy) is 1. The fourth-order valence-electron chi connectivity index (χ4n) is 3.78. The van der Waals surface area contributed by atoms with Crippen LogP contribution in [0.25, 0.3) is 11.0 Å². The van der Waals surface area contributed by atoms with Gasteiger partial charge in [-0.3, -0.25) is 4.79 Å². The molecule has 9 nitrogen and oxygen atoms in total. The van der Waals surface area contributed by atoms with Crippen molar-refractivity contribution < 1.29 is 9.53 Å². The molecule has 1 aliphatic rings. The van der Waals surface area contributed by atoms with Crippen LogP contribution in [0, 0.1) is 0 Å². The molecule has 1 aromatic carbocycles. The Morgan fingerprint density at radius 3 is 2.75 bits per heavy atom. The van der Waals surface area contributed by atoms with Gasteiger partial charge in [0.25, 0.3) is 0 Å². The number of esters is 1. The number of anilines is 3. The molecule has 1 fully saturated rings. The van der Waals surface area contributed by atoms with Crippen LogP contribution in [-0.4, -0.2) is 51.1 Å². The Bertz CT molecular complexity index is 1070. The SMILES string of the molecule is CCOC(=O)CNC1CCC(Nc2ncc3ncnc(Nc4cccc(Cl)c4)c3n2)CC1. The highest BCUT2D eigenvalue weighted by molar-refractivity contribution is 6.30. The molecule has 0 amide bonds. The van der Waals surface area contributed by atoms with E-state index in [1.54, 1.807) is 6.20 Å². The molecule has 32 heavy (non-hydrogen) atoms. The van der Waals surface area contributed by atoms with E-state index in [9.17, 15) is 4.79 Å². The molecule has 1 aliphatic carbocycles. The second kappa shape index (κ2) is 10.5. The smallest absolute Gasteiger partial charge is 0.319 e.